The molecule has 182 valence electrons. The van der Waals surface area contributed by atoms with E-state index in [1.165, 1.54) is 17.6 Å². The number of sulfone groups is 1. The van der Waals surface area contributed by atoms with Crippen molar-refractivity contribution in [3.63, 3.8) is 0 Å². The van der Waals surface area contributed by atoms with Gasteiger partial charge < -0.3 is 4.74 Å². The second-order valence-corrected chi connectivity index (χ2v) is 12.7. The maximum absolute atomic E-state index is 13.6. The summed E-state index contributed by atoms with van der Waals surface area (Å²) in [6.45, 7) is 10.7. The van der Waals surface area contributed by atoms with Crippen LogP contribution in [0.2, 0.25) is 0 Å². The molecule has 0 N–H and O–H groups in total. The molecule has 1 aromatic heterocycles. The molecular weight excluding hydrogens is 470 g/mol. The monoisotopic (exact) mass is 501 g/mol. The number of hydrogen-bond acceptors (Lipinski definition) is 7. The lowest BCUT2D eigenvalue weighted by molar-refractivity contribution is 0.0391. The Kier molecular flexibility index (Phi) is 7.09. The third-order valence-corrected chi connectivity index (χ3v) is 8.15. The van der Waals surface area contributed by atoms with E-state index in [4.69, 9.17) is 4.74 Å². The molecule has 0 radical (unpaired) electrons. The zero-order chi connectivity index (χ0) is 24.5. The summed E-state index contributed by atoms with van der Waals surface area (Å²) in [5.74, 6) is -0.115. The number of carbonyl (C=O) groups excluding carboxylic acids is 1. The van der Waals surface area contributed by atoms with Crippen LogP contribution in [0.4, 0.5) is 5.13 Å². The SMILES string of the molecule is CC(C)(C)c1ccc(C(=O)N(CCN2CCOCC2)c2nc3ccc(S(C)(=O)=O)cc3s2)cc1. The molecule has 1 aliphatic heterocycles. The second-order valence-electron chi connectivity index (χ2n) is 9.64. The smallest absolute Gasteiger partial charge is 0.260 e. The van der Waals surface area contributed by atoms with Crippen LogP contribution in [0.1, 0.15) is 36.7 Å². The van der Waals surface area contributed by atoms with Crippen LogP contribution < -0.4 is 4.90 Å². The molecule has 4 rings (SSSR count). The number of hydrogen-bond donors (Lipinski definition) is 0. The Labute approximate surface area is 205 Å². The van der Waals surface area contributed by atoms with E-state index in [2.05, 4.69) is 30.7 Å². The summed E-state index contributed by atoms with van der Waals surface area (Å²) in [6, 6.07) is 12.7. The van der Waals surface area contributed by atoms with Gasteiger partial charge in [-0.15, -0.1) is 0 Å². The maximum atomic E-state index is 13.6. The Bertz CT molecular complexity index is 1270. The van der Waals surface area contributed by atoms with Gasteiger partial charge in [-0.1, -0.05) is 44.2 Å². The normalized spacial score (nSPS) is 15.5. The summed E-state index contributed by atoms with van der Waals surface area (Å²) in [7, 11) is -3.33. The van der Waals surface area contributed by atoms with Gasteiger partial charge in [-0.3, -0.25) is 14.6 Å². The molecule has 0 saturated carbocycles. The Morgan fingerprint density at radius 2 is 1.79 bits per heavy atom. The quantitative estimate of drug-likeness (QED) is 0.508. The summed E-state index contributed by atoms with van der Waals surface area (Å²) < 4.78 is 30.2. The molecular formula is C25H31N3O4S2. The average molecular weight is 502 g/mol. The van der Waals surface area contributed by atoms with Crippen molar-refractivity contribution in [3.05, 3.63) is 53.6 Å². The number of amides is 1. The van der Waals surface area contributed by atoms with Crippen molar-refractivity contribution < 1.29 is 17.9 Å². The first-order valence-electron chi connectivity index (χ1n) is 11.4. The van der Waals surface area contributed by atoms with Crippen molar-refractivity contribution in [2.75, 3.05) is 50.5 Å². The second kappa shape index (κ2) is 9.73. The predicted molar refractivity (Wildman–Crippen MR) is 137 cm³/mol. The van der Waals surface area contributed by atoms with Gasteiger partial charge in [-0.25, -0.2) is 13.4 Å². The number of morpholine rings is 1. The highest BCUT2D eigenvalue weighted by molar-refractivity contribution is 7.90. The number of ether oxygens (including phenoxy) is 1. The van der Waals surface area contributed by atoms with Crippen molar-refractivity contribution in [2.45, 2.75) is 31.1 Å². The summed E-state index contributed by atoms with van der Waals surface area (Å²) in [6.07, 6.45) is 1.19. The standard InChI is InChI=1S/C25H31N3O4S2/c1-25(2,3)19-7-5-18(6-8-19)23(29)28(12-11-27-13-15-32-16-14-27)24-26-21-10-9-20(34(4,30)31)17-22(21)33-24/h5-10,17H,11-16H2,1-4H3. The first kappa shape index (κ1) is 24.8. The van der Waals surface area contributed by atoms with Crippen LogP contribution >= 0.6 is 11.3 Å². The van der Waals surface area contributed by atoms with Crippen LogP contribution in [0.3, 0.4) is 0 Å². The van der Waals surface area contributed by atoms with Gasteiger partial charge in [0, 0.05) is 38.0 Å². The van der Waals surface area contributed by atoms with Crippen molar-refractivity contribution in [1.29, 1.82) is 0 Å². The van der Waals surface area contributed by atoms with E-state index in [0.29, 0.717) is 42.5 Å². The molecule has 1 aliphatic rings. The highest BCUT2D eigenvalue weighted by Crippen LogP contribution is 2.32. The lowest BCUT2D eigenvalue weighted by Gasteiger charge is -2.29. The van der Waals surface area contributed by atoms with Gasteiger partial charge in [0.05, 0.1) is 28.3 Å². The fraction of sp³-hybridized carbons (Fsp3) is 0.440. The number of thiazole rings is 1. The number of carbonyl (C=O) groups is 1. The lowest BCUT2D eigenvalue weighted by atomic mass is 9.86. The van der Waals surface area contributed by atoms with Gasteiger partial charge in [0.25, 0.3) is 5.91 Å². The molecule has 0 bridgehead atoms. The predicted octanol–water partition coefficient (Wildman–Crippen LogP) is 3.98. The highest BCUT2D eigenvalue weighted by atomic mass is 32.2. The Morgan fingerprint density at radius 3 is 2.41 bits per heavy atom. The minimum absolute atomic E-state index is 0.00194. The van der Waals surface area contributed by atoms with E-state index in [0.717, 1.165) is 23.4 Å². The van der Waals surface area contributed by atoms with E-state index >= 15 is 0 Å². The van der Waals surface area contributed by atoms with Crippen molar-refractivity contribution in [1.82, 2.24) is 9.88 Å². The summed E-state index contributed by atoms with van der Waals surface area (Å²) in [5, 5.41) is 0.568. The highest BCUT2D eigenvalue weighted by Gasteiger charge is 2.24. The summed E-state index contributed by atoms with van der Waals surface area (Å²) in [5.41, 5.74) is 2.45. The van der Waals surface area contributed by atoms with Gasteiger partial charge in [-0.05, 0) is 41.3 Å². The zero-order valence-corrected chi connectivity index (χ0v) is 21.7. The van der Waals surface area contributed by atoms with Crippen molar-refractivity contribution in [3.8, 4) is 0 Å². The minimum atomic E-state index is -3.33. The molecule has 0 spiro atoms. The van der Waals surface area contributed by atoms with Crippen LogP contribution in [-0.4, -0.2) is 69.9 Å². The number of fused-ring (bicyclic) bond motifs is 1. The number of aromatic nitrogens is 1. The van der Waals surface area contributed by atoms with Gasteiger partial charge >= 0.3 is 0 Å². The number of anilines is 1. The average Bonchev–Trinajstić information content (AvgIpc) is 3.22. The maximum Gasteiger partial charge on any atom is 0.260 e. The molecule has 34 heavy (non-hydrogen) atoms. The number of rotatable bonds is 6. The Balaban J connectivity index is 1.66. The van der Waals surface area contributed by atoms with Crippen molar-refractivity contribution >= 4 is 42.4 Å². The Morgan fingerprint density at radius 1 is 1.12 bits per heavy atom. The molecule has 7 nitrogen and oxygen atoms in total. The molecule has 2 heterocycles. The van der Waals surface area contributed by atoms with Gasteiger partial charge in [-0.2, -0.15) is 0 Å². The fourth-order valence-corrected chi connectivity index (χ4v) is 5.61. The van der Waals surface area contributed by atoms with Gasteiger partial charge in [0.15, 0.2) is 15.0 Å². The van der Waals surface area contributed by atoms with E-state index < -0.39 is 9.84 Å². The number of nitrogens with zero attached hydrogens (tertiary/aromatic N) is 3. The van der Waals surface area contributed by atoms with E-state index in [9.17, 15) is 13.2 Å². The van der Waals surface area contributed by atoms with Gasteiger partial charge in [0.2, 0.25) is 0 Å². The van der Waals surface area contributed by atoms with Gasteiger partial charge in [0.1, 0.15) is 0 Å². The fourth-order valence-electron chi connectivity index (χ4n) is 3.86. The van der Waals surface area contributed by atoms with Crippen LogP contribution in [0, 0.1) is 0 Å². The third kappa shape index (κ3) is 5.66. The largest absolute Gasteiger partial charge is 0.379 e. The van der Waals surface area contributed by atoms with Crippen LogP contribution in [0.25, 0.3) is 10.2 Å². The van der Waals surface area contributed by atoms with Crippen LogP contribution in [0.15, 0.2) is 47.4 Å². The molecule has 0 atom stereocenters. The molecule has 0 aliphatic carbocycles. The molecule has 0 unspecified atom stereocenters. The van der Waals surface area contributed by atoms with E-state index in [1.54, 1.807) is 23.1 Å². The molecule has 1 saturated heterocycles. The zero-order valence-electron chi connectivity index (χ0n) is 20.1. The lowest BCUT2D eigenvalue weighted by Crippen LogP contribution is -2.43. The molecule has 3 aromatic rings. The van der Waals surface area contributed by atoms with E-state index in [1.807, 2.05) is 24.3 Å². The molecule has 1 amide bonds. The van der Waals surface area contributed by atoms with Crippen molar-refractivity contribution in [2.24, 2.45) is 0 Å². The Hall–Kier alpha value is -2.33. The number of benzene rings is 2. The van der Waals surface area contributed by atoms with E-state index in [-0.39, 0.29) is 16.2 Å². The van der Waals surface area contributed by atoms with Crippen LogP contribution in [0.5, 0.6) is 0 Å². The summed E-state index contributed by atoms with van der Waals surface area (Å²) in [4.78, 5) is 22.6. The molecule has 1 fully saturated rings. The topological polar surface area (TPSA) is 79.8 Å². The molecule has 9 heteroatoms. The third-order valence-electron chi connectivity index (χ3n) is 5.99. The van der Waals surface area contributed by atoms with Crippen LogP contribution in [-0.2, 0) is 20.0 Å². The first-order valence-corrected chi connectivity index (χ1v) is 14.1. The first-order chi connectivity index (χ1) is 16.0. The summed E-state index contributed by atoms with van der Waals surface area (Å²) >= 11 is 1.34. The molecule has 2 aromatic carbocycles. The minimum Gasteiger partial charge on any atom is -0.379 e.